The monoisotopic (exact) mass is 343 g/mol. The number of amides is 2. The van der Waals surface area contributed by atoms with E-state index in [1.165, 1.54) is 16.7 Å². The second-order valence-electron chi connectivity index (χ2n) is 5.31. The van der Waals surface area contributed by atoms with Gasteiger partial charge < -0.3 is 10.4 Å². The fourth-order valence-electron chi connectivity index (χ4n) is 2.62. The first-order valence-corrected chi connectivity index (χ1v) is 8.59. The maximum Gasteiger partial charge on any atom is 0.408 e. The number of nitrogens with zero attached hydrogens (tertiary/aromatic N) is 2. The molecule has 0 unspecified atom stereocenters. The van der Waals surface area contributed by atoms with Gasteiger partial charge in [0.25, 0.3) is 5.91 Å². The summed E-state index contributed by atoms with van der Waals surface area (Å²) in [6, 6.07) is 14.6. The molecule has 0 aliphatic carbocycles. The Labute approximate surface area is 143 Å². The number of hydrogen-bond donors (Lipinski definition) is 2. The molecule has 0 bridgehead atoms. The van der Waals surface area contributed by atoms with E-state index in [1.54, 1.807) is 6.20 Å². The van der Waals surface area contributed by atoms with Crippen LogP contribution in [0.1, 0.15) is 17.3 Å². The molecular formula is C17H17N3O3S. The molecule has 1 aliphatic heterocycles. The van der Waals surface area contributed by atoms with Crippen molar-refractivity contribution in [3.05, 3.63) is 66.0 Å². The van der Waals surface area contributed by atoms with Crippen LogP contribution in [0.25, 0.3) is 0 Å². The van der Waals surface area contributed by atoms with Gasteiger partial charge in [0.2, 0.25) is 0 Å². The first kappa shape index (κ1) is 16.3. The highest BCUT2D eigenvalue weighted by Crippen LogP contribution is 2.26. The van der Waals surface area contributed by atoms with Gasteiger partial charge in [-0.3, -0.25) is 14.7 Å². The summed E-state index contributed by atoms with van der Waals surface area (Å²) < 4.78 is 0. The van der Waals surface area contributed by atoms with E-state index in [9.17, 15) is 14.7 Å². The summed E-state index contributed by atoms with van der Waals surface area (Å²) in [6.07, 6.45) is 0.597. The largest absolute Gasteiger partial charge is 0.465 e. The molecule has 7 heteroatoms. The van der Waals surface area contributed by atoms with Crippen molar-refractivity contribution in [1.82, 2.24) is 15.2 Å². The molecule has 0 radical (unpaired) electrons. The molecule has 2 atom stereocenters. The van der Waals surface area contributed by atoms with Crippen molar-refractivity contribution in [2.45, 2.75) is 11.4 Å². The zero-order valence-electron chi connectivity index (χ0n) is 12.8. The molecule has 0 saturated carbocycles. The number of rotatable bonds is 4. The molecule has 1 aromatic heterocycles. The summed E-state index contributed by atoms with van der Waals surface area (Å²) >= 11 is 1.33. The van der Waals surface area contributed by atoms with E-state index in [2.05, 4.69) is 10.3 Å². The van der Waals surface area contributed by atoms with Crippen molar-refractivity contribution >= 4 is 23.8 Å². The number of pyridine rings is 1. The Morgan fingerprint density at radius 1 is 1.21 bits per heavy atom. The van der Waals surface area contributed by atoms with Crippen molar-refractivity contribution in [3.8, 4) is 0 Å². The predicted octanol–water partition coefficient (Wildman–Crippen LogP) is 2.34. The third-order valence-corrected chi connectivity index (χ3v) is 4.97. The van der Waals surface area contributed by atoms with E-state index in [0.29, 0.717) is 18.0 Å². The number of thioether (sulfide) groups is 1. The van der Waals surface area contributed by atoms with Crippen LogP contribution >= 0.6 is 11.8 Å². The molecule has 1 aliphatic rings. The third-order valence-electron chi connectivity index (χ3n) is 3.76. The Bertz CT molecular complexity index is 672. The quantitative estimate of drug-likeness (QED) is 0.890. The number of nitrogens with one attached hydrogen (secondary N) is 1. The highest BCUT2D eigenvalue weighted by Gasteiger charge is 2.36. The van der Waals surface area contributed by atoms with Gasteiger partial charge >= 0.3 is 6.09 Å². The Morgan fingerprint density at radius 3 is 2.62 bits per heavy atom. The number of carbonyl (C=O) groups excluding carboxylic acids is 1. The van der Waals surface area contributed by atoms with Crippen LogP contribution < -0.4 is 5.32 Å². The lowest BCUT2D eigenvalue weighted by atomic mass is 10.0. The minimum atomic E-state index is -1.07. The van der Waals surface area contributed by atoms with Gasteiger partial charge in [-0.2, -0.15) is 0 Å². The molecule has 6 nitrogen and oxygen atoms in total. The topological polar surface area (TPSA) is 82.5 Å². The average molecular weight is 343 g/mol. The first-order chi connectivity index (χ1) is 11.7. The van der Waals surface area contributed by atoms with Gasteiger partial charge in [0.05, 0.1) is 11.7 Å². The van der Waals surface area contributed by atoms with Crippen LogP contribution in [-0.2, 0) is 4.79 Å². The molecule has 2 heterocycles. The Balaban J connectivity index is 1.85. The fraction of sp³-hybridized carbons (Fsp3) is 0.235. The summed E-state index contributed by atoms with van der Waals surface area (Å²) in [7, 11) is 0. The van der Waals surface area contributed by atoms with Crippen LogP contribution in [0.2, 0.25) is 0 Å². The second kappa shape index (κ2) is 7.35. The summed E-state index contributed by atoms with van der Waals surface area (Å²) in [4.78, 5) is 29.4. The maximum atomic E-state index is 12.7. The van der Waals surface area contributed by atoms with E-state index >= 15 is 0 Å². The van der Waals surface area contributed by atoms with Gasteiger partial charge in [-0.25, -0.2) is 4.79 Å². The smallest absolute Gasteiger partial charge is 0.408 e. The van der Waals surface area contributed by atoms with Crippen molar-refractivity contribution in [1.29, 1.82) is 0 Å². The maximum absolute atomic E-state index is 12.7. The molecule has 1 saturated heterocycles. The van der Waals surface area contributed by atoms with Gasteiger partial charge in [-0.15, -0.1) is 11.8 Å². The van der Waals surface area contributed by atoms with Crippen molar-refractivity contribution in [2.75, 3.05) is 12.3 Å². The number of carbonyl (C=O) groups is 2. The SMILES string of the molecule is O=C(N[C@H](c1ccccc1)c1ccccn1)[C@@H]1SCCN1C(=O)O. The van der Waals surface area contributed by atoms with Gasteiger partial charge in [-0.05, 0) is 17.7 Å². The Kier molecular flexibility index (Phi) is 5.00. The summed E-state index contributed by atoms with van der Waals surface area (Å²) in [5.41, 5.74) is 1.61. The first-order valence-electron chi connectivity index (χ1n) is 7.54. The van der Waals surface area contributed by atoms with E-state index in [1.807, 2.05) is 48.5 Å². The lowest BCUT2D eigenvalue weighted by Gasteiger charge is -2.24. The van der Waals surface area contributed by atoms with Crippen LogP contribution in [0.3, 0.4) is 0 Å². The fourth-order valence-corrected chi connectivity index (χ4v) is 3.74. The number of aromatic nitrogens is 1. The molecule has 1 aromatic carbocycles. The van der Waals surface area contributed by atoms with Crippen molar-refractivity contribution in [3.63, 3.8) is 0 Å². The van der Waals surface area contributed by atoms with Crippen LogP contribution in [0.15, 0.2) is 54.7 Å². The molecule has 124 valence electrons. The standard InChI is InChI=1S/C17H17N3O3S/c21-15(16-20(17(22)23)10-11-24-16)19-14(12-6-2-1-3-7-12)13-8-4-5-9-18-13/h1-9,14,16H,10-11H2,(H,19,21)(H,22,23)/t14-,16+/m1/s1. The van der Waals surface area contributed by atoms with E-state index < -0.39 is 17.5 Å². The average Bonchev–Trinajstić information content (AvgIpc) is 3.11. The minimum absolute atomic E-state index is 0.320. The van der Waals surface area contributed by atoms with Crippen molar-refractivity contribution in [2.24, 2.45) is 0 Å². The Hall–Kier alpha value is -2.54. The molecule has 24 heavy (non-hydrogen) atoms. The lowest BCUT2D eigenvalue weighted by molar-refractivity contribution is -0.123. The van der Waals surface area contributed by atoms with E-state index in [4.69, 9.17) is 0 Å². The zero-order chi connectivity index (χ0) is 16.9. The number of carboxylic acid groups (broad SMARTS) is 1. The van der Waals surface area contributed by atoms with Gasteiger partial charge in [0, 0.05) is 18.5 Å². The van der Waals surface area contributed by atoms with E-state index in [0.717, 1.165) is 5.56 Å². The lowest BCUT2D eigenvalue weighted by Crippen LogP contribution is -2.45. The van der Waals surface area contributed by atoms with Gasteiger partial charge in [-0.1, -0.05) is 36.4 Å². The summed E-state index contributed by atoms with van der Waals surface area (Å²) in [6.45, 7) is 0.359. The molecule has 0 spiro atoms. The summed E-state index contributed by atoms with van der Waals surface area (Å²) in [5.74, 6) is 0.295. The zero-order valence-corrected chi connectivity index (χ0v) is 13.6. The van der Waals surface area contributed by atoms with Crippen LogP contribution in [-0.4, -0.2) is 44.7 Å². The number of benzene rings is 1. The Morgan fingerprint density at radius 2 is 1.96 bits per heavy atom. The van der Waals surface area contributed by atoms with Gasteiger partial charge in [0.1, 0.15) is 0 Å². The van der Waals surface area contributed by atoms with Crippen LogP contribution in [0.5, 0.6) is 0 Å². The van der Waals surface area contributed by atoms with Gasteiger partial charge in [0.15, 0.2) is 5.37 Å². The van der Waals surface area contributed by atoms with E-state index in [-0.39, 0.29) is 5.91 Å². The predicted molar refractivity (Wildman–Crippen MR) is 91.6 cm³/mol. The highest BCUT2D eigenvalue weighted by atomic mass is 32.2. The number of hydrogen-bond acceptors (Lipinski definition) is 4. The molecular weight excluding hydrogens is 326 g/mol. The third kappa shape index (κ3) is 3.51. The molecule has 1 fully saturated rings. The molecule has 2 aromatic rings. The second-order valence-corrected chi connectivity index (χ2v) is 6.49. The molecule has 2 N–H and O–H groups in total. The molecule has 3 rings (SSSR count). The minimum Gasteiger partial charge on any atom is -0.465 e. The van der Waals surface area contributed by atoms with Crippen LogP contribution in [0.4, 0.5) is 4.79 Å². The molecule has 2 amide bonds. The summed E-state index contributed by atoms with van der Waals surface area (Å²) in [5, 5.41) is 11.4. The highest BCUT2D eigenvalue weighted by molar-refractivity contribution is 8.00. The van der Waals surface area contributed by atoms with Crippen molar-refractivity contribution < 1.29 is 14.7 Å². The normalized spacial score (nSPS) is 18.2. The van der Waals surface area contributed by atoms with Crippen LogP contribution in [0, 0.1) is 0 Å².